The monoisotopic (exact) mass is 243 g/mol. The maximum Gasteiger partial charge on any atom is 0.215 e. The lowest BCUT2D eigenvalue weighted by Gasteiger charge is -1.99. The molecule has 0 bridgehead atoms. The molecular weight excluding hydrogens is 230 g/mol. The number of hydrogen-bond donors (Lipinski definition) is 1. The molecule has 0 saturated carbocycles. The molecule has 0 aliphatic rings. The van der Waals surface area contributed by atoms with E-state index in [1.54, 1.807) is 4.68 Å². The van der Waals surface area contributed by atoms with Crippen molar-refractivity contribution in [2.24, 2.45) is 7.05 Å². The minimum Gasteiger partial charge on any atom is -0.478 e. The molecule has 3 rings (SSSR count). The molecule has 0 atom stereocenters. The minimum atomic E-state index is 0.587. The Balaban J connectivity index is 2.05. The van der Waals surface area contributed by atoms with Crippen LogP contribution in [0.15, 0.2) is 24.4 Å². The second-order valence-corrected chi connectivity index (χ2v) is 3.91. The second kappa shape index (κ2) is 4.14. The van der Waals surface area contributed by atoms with Gasteiger partial charge in [0.25, 0.3) is 0 Å². The third kappa shape index (κ3) is 1.81. The molecule has 0 radical (unpaired) electrons. The van der Waals surface area contributed by atoms with E-state index in [9.17, 15) is 0 Å². The summed E-state index contributed by atoms with van der Waals surface area (Å²) in [5.74, 6) is 1.30. The number of fused-ring (bicyclic) bond motifs is 1. The highest BCUT2D eigenvalue weighted by molar-refractivity contribution is 5.75. The molecule has 6 nitrogen and oxygen atoms in total. The molecule has 0 aliphatic carbocycles. The summed E-state index contributed by atoms with van der Waals surface area (Å²) in [5.41, 5.74) is 2.31. The van der Waals surface area contributed by atoms with E-state index in [1.165, 1.54) is 0 Å². The SMILES string of the molecule is CCOc1ccc2[nH]c(-c3ccn(C)n3)nc2n1. The van der Waals surface area contributed by atoms with Gasteiger partial charge in [-0.1, -0.05) is 0 Å². The van der Waals surface area contributed by atoms with Crippen molar-refractivity contribution in [3.05, 3.63) is 24.4 Å². The van der Waals surface area contributed by atoms with Gasteiger partial charge in [-0.2, -0.15) is 10.1 Å². The standard InChI is InChI=1S/C12H13N5O/c1-3-18-10-5-4-8-11(14-10)15-12(13-8)9-6-7-17(2)16-9/h4-7H,3H2,1-2H3,(H,13,14,15). The summed E-state index contributed by atoms with van der Waals surface area (Å²) in [4.78, 5) is 11.9. The lowest BCUT2D eigenvalue weighted by atomic mass is 10.4. The van der Waals surface area contributed by atoms with Gasteiger partial charge < -0.3 is 9.72 Å². The lowest BCUT2D eigenvalue weighted by molar-refractivity contribution is 0.328. The summed E-state index contributed by atoms with van der Waals surface area (Å²) in [6.07, 6.45) is 1.88. The van der Waals surface area contributed by atoms with Crippen LogP contribution in [-0.2, 0) is 7.05 Å². The highest BCUT2D eigenvalue weighted by Crippen LogP contribution is 2.19. The van der Waals surface area contributed by atoms with Crippen LogP contribution in [0.4, 0.5) is 0 Å². The van der Waals surface area contributed by atoms with Crippen LogP contribution in [-0.4, -0.2) is 31.3 Å². The van der Waals surface area contributed by atoms with Crippen molar-refractivity contribution in [1.82, 2.24) is 24.7 Å². The van der Waals surface area contributed by atoms with E-state index in [-0.39, 0.29) is 0 Å². The molecule has 1 N–H and O–H groups in total. The smallest absolute Gasteiger partial charge is 0.215 e. The highest BCUT2D eigenvalue weighted by Gasteiger charge is 2.09. The number of aromatic amines is 1. The molecule has 3 aromatic rings. The Morgan fingerprint density at radius 1 is 1.28 bits per heavy atom. The van der Waals surface area contributed by atoms with E-state index < -0.39 is 0 Å². The molecule has 3 heterocycles. The third-order valence-electron chi connectivity index (χ3n) is 2.57. The first-order valence-corrected chi connectivity index (χ1v) is 5.76. The van der Waals surface area contributed by atoms with E-state index in [0.717, 1.165) is 11.2 Å². The largest absolute Gasteiger partial charge is 0.478 e. The van der Waals surface area contributed by atoms with Gasteiger partial charge in [-0.3, -0.25) is 4.68 Å². The van der Waals surface area contributed by atoms with Gasteiger partial charge in [-0.05, 0) is 19.1 Å². The topological polar surface area (TPSA) is 68.6 Å². The van der Waals surface area contributed by atoms with Crippen molar-refractivity contribution in [1.29, 1.82) is 0 Å². The van der Waals surface area contributed by atoms with E-state index in [2.05, 4.69) is 20.1 Å². The van der Waals surface area contributed by atoms with Crippen molar-refractivity contribution in [2.75, 3.05) is 6.61 Å². The van der Waals surface area contributed by atoms with Crippen molar-refractivity contribution < 1.29 is 4.74 Å². The fourth-order valence-corrected chi connectivity index (χ4v) is 1.77. The zero-order chi connectivity index (χ0) is 12.5. The molecule has 0 fully saturated rings. The molecule has 0 spiro atoms. The Hall–Kier alpha value is -2.37. The van der Waals surface area contributed by atoms with Gasteiger partial charge >= 0.3 is 0 Å². The fraction of sp³-hybridized carbons (Fsp3) is 0.250. The second-order valence-electron chi connectivity index (χ2n) is 3.91. The Kier molecular flexibility index (Phi) is 2.47. The van der Waals surface area contributed by atoms with Crippen LogP contribution >= 0.6 is 0 Å². The Morgan fingerprint density at radius 2 is 2.17 bits per heavy atom. The molecule has 3 aromatic heterocycles. The molecule has 0 saturated heterocycles. The zero-order valence-electron chi connectivity index (χ0n) is 10.2. The zero-order valence-corrected chi connectivity index (χ0v) is 10.2. The van der Waals surface area contributed by atoms with Crippen molar-refractivity contribution in [2.45, 2.75) is 6.92 Å². The van der Waals surface area contributed by atoms with Gasteiger partial charge in [0.1, 0.15) is 5.69 Å². The summed E-state index contributed by atoms with van der Waals surface area (Å²) in [6.45, 7) is 2.52. The normalized spacial score (nSPS) is 11.0. The van der Waals surface area contributed by atoms with Gasteiger partial charge in [0.05, 0.1) is 12.1 Å². The fourth-order valence-electron chi connectivity index (χ4n) is 1.77. The molecule has 92 valence electrons. The number of pyridine rings is 1. The summed E-state index contributed by atoms with van der Waals surface area (Å²) < 4.78 is 7.09. The van der Waals surface area contributed by atoms with Gasteiger partial charge in [0.15, 0.2) is 11.5 Å². The maximum absolute atomic E-state index is 5.35. The van der Waals surface area contributed by atoms with Crippen molar-refractivity contribution >= 4 is 11.2 Å². The first-order chi connectivity index (χ1) is 8.76. The number of aryl methyl sites for hydroxylation is 1. The Bertz CT molecular complexity index is 685. The predicted molar refractivity (Wildman–Crippen MR) is 67.3 cm³/mol. The molecular formula is C12H13N5O. The van der Waals surface area contributed by atoms with E-state index >= 15 is 0 Å². The number of hydrogen-bond acceptors (Lipinski definition) is 4. The van der Waals surface area contributed by atoms with Gasteiger partial charge in [0.2, 0.25) is 5.88 Å². The Labute approximate surface area is 104 Å². The Morgan fingerprint density at radius 3 is 2.89 bits per heavy atom. The molecule has 0 unspecified atom stereocenters. The first-order valence-electron chi connectivity index (χ1n) is 5.76. The predicted octanol–water partition coefficient (Wildman–Crippen LogP) is 1.76. The number of ether oxygens (including phenoxy) is 1. The number of nitrogens with one attached hydrogen (secondary N) is 1. The van der Waals surface area contributed by atoms with Crippen molar-refractivity contribution in [3.63, 3.8) is 0 Å². The summed E-state index contributed by atoms with van der Waals surface area (Å²) >= 11 is 0. The van der Waals surface area contributed by atoms with Crippen LogP contribution in [0.5, 0.6) is 5.88 Å². The molecule has 6 heteroatoms. The van der Waals surface area contributed by atoms with E-state index in [4.69, 9.17) is 4.74 Å². The van der Waals surface area contributed by atoms with E-state index in [1.807, 2.05) is 38.4 Å². The van der Waals surface area contributed by atoms with Crippen molar-refractivity contribution in [3.8, 4) is 17.4 Å². The number of imidazole rings is 1. The van der Waals surface area contributed by atoms with Crippen LogP contribution in [0.2, 0.25) is 0 Å². The summed E-state index contributed by atoms with van der Waals surface area (Å²) in [6, 6.07) is 5.64. The molecule has 0 aromatic carbocycles. The van der Waals surface area contributed by atoms with Gasteiger partial charge in [0, 0.05) is 19.3 Å². The molecule has 18 heavy (non-hydrogen) atoms. The summed E-state index contributed by atoms with van der Waals surface area (Å²) in [7, 11) is 1.87. The number of aromatic nitrogens is 5. The summed E-state index contributed by atoms with van der Waals surface area (Å²) in [5, 5.41) is 4.30. The quantitative estimate of drug-likeness (QED) is 0.761. The number of H-pyrrole nitrogens is 1. The van der Waals surface area contributed by atoms with Crippen LogP contribution in [0.1, 0.15) is 6.92 Å². The maximum atomic E-state index is 5.35. The lowest BCUT2D eigenvalue weighted by Crippen LogP contribution is -1.93. The minimum absolute atomic E-state index is 0.587. The molecule has 0 amide bonds. The van der Waals surface area contributed by atoms with Crippen LogP contribution in [0.25, 0.3) is 22.7 Å². The highest BCUT2D eigenvalue weighted by atomic mass is 16.5. The average Bonchev–Trinajstić information content (AvgIpc) is 2.94. The van der Waals surface area contributed by atoms with Crippen LogP contribution in [0, 0.1) is 0 Å². The van der Waals surface area contributed by atoms with Gasteiger partial charge in [-0.25, -0.2) is 4.98 Å². The third-order valence-corrected chi connectivity index (χ3v) is 2.57. The van der Waals surface area contributed by atoms with E-state index in [0.29, 0.717) is 24.0 Å². The number of nitrogens with zero attached hydrogens (tertiary/aromatic N) is 4. The van der Waals surface area contributed by atoms with Crippen LogP contribution < -0.4 is 4.74 Å². The average molecular weight is 243 g/mol. The number of rotatable bonds is 3. The molecule has 0 aliphatic heterocycles. The first kappa shape index (κ1) is 10.8. The van der Waals surface area contributed by atoms with Gasteiger partial charge in [-0.15, -0.1) is 0 Å². The van der Waals surface area contributed by atoms with Crippen LogP contribution in [0.3, 0.4) is 0 Å².